The predicted molar refractivity (Wildman–Crippen MR) is 99.0 cm³/mol. The van der Waals surface area contributed by atoms with Gasteiger partial charge in [-0.25, -0.2) is 9.78 Å². The number of hydrogen-bond donors (Lipinski definition) is 2. The first kappa shape index (κ1) is 17.9. The summed E-state index contributed by atoms with van der Waals surface area (Å²) in [5.74, 6) is -1.85. The summed E-state index contributed by atoms with van der Waals surface area (Å²) in [5, 5.41) is 11.9. The second-order valence-electron chi connectivity index (χ2n) is 5.89. The summed E-state index contributed by atoms with van der Waals surface area (Å²) < 4.78 is 5.31. The predicted octanol–water partition coefficient (Wildman–Crippen LogP) is 3.04. The zero-order valence-corrected chi connectivity index (χ0v) is 14.7. The minimum Gasteiger partial charge on any atom is -0.480 e. The van der Waals surface area contributed by atoms with Gasteiger partial charge in [0.2, 0.25) is 0 Å². The van der Waals surface area contributed by atoms with E-state index >= 15 is 0 Å². The number of ether oxygens (including phenoxy) is 1. The number of nitrogens with two attached hydrogens (primary N) is 1. The Kier molecular flexibility index (Phi) is 5.18. The molecule has 0 saturated heterocycles. The molecule has 2 aromatic rings. The van der Waals surface area contributed by atoms with Gasteiger partial charge in [0, 0.05) is 11.3 Å². The molecule has 26 heavy (non-hydrogen) atoms. The Bertz CT molecular complexity index is 859. The first-order chi connectivity index (χ1) is 12.5. The number of allylic oxidation sites excluding steroid dienone is 3. The van der Waals surface area contributed by atoms with Crippen LogP contribution in [0.15, 0.2) is 60.0 Å². The fourth-order valence-electron chi connectivity index (χ4n) is 3.03. The van der Waals surface area contributed by atoms with E-state index in [0.717, 1.165) is 0 Å². The Hall–Kier alpha value is -2.93. The van der Waals surface area contributed by atoms with E-state index in [9.17, 15) is 14.7 Å². The normalized spacial score (nSPS) is 21.5. The maximum atomic E-state index is 12.1. The van der Waals surface area contributed by atoms with Gasteiger partial charge in [0.15, 0.2) is 5.13 Å². The quantitative estimate of drug-likeness (QED) is 0.758. The van der Waals surface area contributed by atoms with Crippen molar-refractivity contribution < 1.29 is 19.4 Å². The Morgan fingerprint density at radius 1 is 1.27 bits per heavy atom. The number of carbonyl (C=O) groups excluding carboxylic acids is 1. The molecule has 0 bridgehead atoms. The lowest BCUT2D eigenvalue weighted by atomic mass is 9.69. The molecule has 1 aliphatic carbocycles. The van der Waals surface area contributed by atoms with Crippen LogP contribution in [0, 0.1) is 5.92 Å². The molecule has 0 fully saturated rings. The molecule has 0 radical (unpaired) electrons. The highest BCUT2D eigenvalue weighted by atomic mass is 32.1. The van der Waals surface area contributed by atoms with Crippen molar-refractivity contribution in [3.8, 4) is 0 Å². The number of esters is 1. The Balaban J connectivity index is 1.75. The van der Waals surface area contributed by atoms with Gasteiger partial charge in [-0.05, 0) is 18.6 Å². The van der Waals surface area contributed by atoms with Crippen LogP contribution in [-0.4, -0.2) is 28.6 Å². The number of nitrogen functional groups attached to an aromatic ring is 1. The first-order valence-electron chi connectivity index (χ1n) is 8.07. The first-order valence-corrected chi connectivity index (χ1v) is 8.95. The summed E-state index contributed by atoms with van der Waals surface area (Å²) in [7, 11) is 0. The Morgan fingerprint density at radius 2 is 2.04 bits per heavy atom. The Labute approximate surface area is 154 Å². The van der Waals surface area contributed by atoms with E-state index in [1.165, 1.54) is 11.3 Å². The van der Waals surface area contributed by atoms with Gasteiger partial charge >= 0.3 is 11.9 Å². The fraction of sp³-hybridized carbons (Fsp3) is 0.211. The van der Waals surface area contributed by atoms with E-state index in [2.05, 4.69) is 4.98 Å². The number of benzene rings is 1. The molecule has 1 heterocycles. The summed E-state index contributed by atoms with van der Waals surface area (Å²) in [6.07, 6.45) is 7.26. The molecule has 1 aromatic carbocycles. The smallest absolute Gasteiger partial charge is 0.338 e. The molecule has 0 spiro atoms. The highest BCUT2D eigenvalue weighted by Crippen LogP contribution is 2.40. The lowest BCUT2D eigenvalue weighted by Crippen LogP contribution is -2.42. The average molecular weight is 370 g/mol. The zero-order chi connectivity index (χ0) is 18.6. The lowest BCUT2D eigenvalue weighted by Gasteiger charge is -2.33. The standard InChI is InChI=1S/C19H18N2O4S/c20-18-21-15(12-26-18)19(17(23)24)10-5-4-8-14(19)9-11-25-16(22)13-6-2-1-3-7-13/h1-8,10,12,14H,9,11H2,(H2,20,21)(H,23,24)/t14?,19-/m1/s1. The average Bonchev–Trinajstić information content (AvgIpc) is 3.09. The summed E-state index contributed by atoms with van der Waals surface area (Å²) in [4.78, 5) is 28.4. The molecule has 3 rings (SSSR count). The number of carboxylic acid groups (broad SMARTS) is 1. The van der Waals surface area contributed by atoms with Crippen LogP contribution >= 0.6 is 11.3 Å². The summed E-state index contributed by atoms with van der Waals surface area (Å²) in [6, 6.07) is 8.67. The SMILES string of the molecule is Nc1nc([C@@]2(C(=O)O)C=CC=CC2CCOC(=O)c2ccccc2)cs1. The molecular formula is C19H18N2O4S. The van der Waals surface area contributed by atoms with Gasteiger partial charge in [0.25, 0.3) is 0 Å². The van der Waals surface area contributed by atoms with E-state index in [0.29, 0.717) is 22.8 Å². The topological polar surface area (TPSA) is 103 Å². The molecule has 1 aliphatic rings. The molecule has 0 aliphatic heterocycles. The molecule has 3 N–H and O–H groups in total. The molecule has 0 saturated carbocycles. The molecule has 1 unspecified atom stereocenters. The van der Waals surface area contributed by atoms with Crippen molar-refractivity contribution in [1.82, 2.24) is 4.98 Å². The number of anilines is 1. The van der Waals surface area contributed by atoms with Crippen LogP contribution in [0.4, 0.5) is 5.13 Å². The molecule has 1 aromatic heterocycles. The molecule has 2 atom stereocenters. The van der Waals surface area contributed by atoms with Crippen LogP contribution < -0.4 is 5.73 Å². The van der Waals surface area contributed by atoms with Gasteiger partial charge in [0.1, 0.15) is 5.41 Å². The number of carboxylic acids is 1. The largest absolute Gasteiger partial charge is 0.480 e. The van der Waals surface area contributed by atoms with Crippen molar-refractivity contribution in [3.63, 3.8) is 0 Å². The van der Waals surface area contributed by atoms with Crippen molar-refractivity contribution in [2.75, 3.05) is 12.3 Å². The maximum absolute atomic E-state index is 12.1. The maximum Gasteiger partial charge on any atom is 0.338 e. The van der Waals surface area contributed by atoms with E-state index in [-0.39, 0.29) is 6.61 Å². The van der Waals surface area contributed by atoms with E-state index in [1.807, 2.05) is 6.07 Å². The molecule has 6 nitrogen and oxygen atoms in total. The van der Waals surface area contributed by atoms with Crippen LogP contribution in [0.3, 0.4) is 0 Å². The van der Waals surface area contributed by atoms with Crippen LogP contribution in [-0.2, 0) is 14.9 Å². The second kappa shape index (κ2) is 7.53. The van der Waals surface area contributed by atoms with Crippen molar-refractivity contribution >= 4 is 28.4 Å². The minimum absolute atomic E-state index is 0.102. The van der Waals surface area contributed by atoms with E-state index in [1.54, 1.807) is 53.9 Å². The van der Waals surface area contributed by atoms with Crippen LogP contribution in [0.5, 0.6) is 0 Å². The second-order valence-corrected chi connectivity index (χ2v) is 6.78. The third kappa shape index (κ3) is 3.39. The van der Waals surface area contributed by atoms with Crippen LogP contribution in [0.25, 0.3) is 0 Å². The van der Waals surface area contributed by atoms with Crippen LogP contribution in [0.1, 0.15) is 22.5 Å². The minimum atomic E-state index is -1.32. The molecule has 7 heteroatoms. The van der Waals surface area contributed by atoms with Gasteiger partial charge in [-0.2, -0.15) is 0 Å². The van der Waals surface area contributed by atoms with E-state index < -0.39 is 23.3 Å². The van der Waals surface area contributed by atoms with Crippen molar-refractivity contribution in [3.05, 3.63) is 71.3 Å². The fourth-order valence-corrected chi connectivity index (χ4v) is 3.66. The Morgan fingerprint density at radius 3 is 2.69 bits per heavy atom. The zero-order valence-electron chi connectivity index (χ0n) is 13.9. The monoisotopic (exact) mass is 370 g/mol. The number of aromatic nitrogens is 1. The van der Waals surface area contributed by atoms with Gasteiger partial charge in [-0.1, -0.05) is 42.5 Å². The lowest BCUT2D eigenvalue weighted by molar-refractivity contribution is -0.143. The highest BCUT2D eigenvalue weighted by Gasteiger charge is 2.47. The number of aliphatic carboxylic acids is 1. The van der Waals surface area contributed by atoms with Crippen molar-refractivity contribution in [2.45, 2.75) is 11.8 Å². The van der Waals surface area contributed by atoms with Crippen molar-refractivity contribution in [2.24, 2.45) is 5.92 Å². The number of nitrogens with zero attached hydrogens (tertiary/aromatic N) is 1. The van der Waals surface area contributed by atoms with Gasteiger partial charge < -0.3 is 15.6 Å². The number of carbonyl (C=O) groups is 2. The van der Waals surface area contributed by atoms with E-state index in [4.69, 9.17) is 10.5 Å². The number of rotatable bonds is 6. The van der Waals surface area contributed by atoms with Gasteiger partial charge in [-0.15, -0.1) is 11.3 Å². The number of thiazole rings is 1. The summed E-state index contributed by atoms with van der Waals surface area (Å²) in [5.41, 5.74) is 5.24. The van der Waals surface area contributed by atoms with Gasteiger partial charge in [0.05, 0.1) is 17.9 Å². The third-order valence-electron chi connectivity index (χ3n) is 4.37. The molecule has 0 amide bonds. The number of hydrogen-bond acceptors (Lipinski definition) is 6. The highest BCUT2D eigenvalue weighted by molar-refractivity contribution is 7.13. The summed E-state index contributed by atoms with van der Waals surface area (Å²) in [6.45, 7) is 0.102. The summed E-state index contributed by atoms with van der Waals surface area (Å²) >= 11 is 1.20. The van der Waals surface area contributed by atoms with Crippen LogP contribution in [0.2, 0.25) is 0 Å². The van der Waals surface area contributed by atoms with Crippen molar-refractivity contribution in [1.29, 1.82) is 0 Å². The molecule has 134 valence electrons. The third-order valence-corrected chi connectivity index (χ3v) is 5.04. The molecular weight excluding hydrogens is 352 g/mol. The van der Waals surface area contributed by atoms with Gasteiger partial charge in [-0.3, -0.25) is 4.79 Å².